The lowest BCUT2D eigenvalue weighted by molar-refractivity contribution is -0.192. The van der Waals surface area contributed by atoms with Crippen molar-refractivity contribution in [3.05, 3.63) is 65.7 Å². The number of pyridine rings is 1. The lowest BCUT2D eigenvalue weighted by atomic mass is 10.2. The molecule has 0 aliphatic heterocycles. The minimum atomic E-state index is -5.08. The van der Waals surface area contributed by atoms with Gasteiger partial charge in [0.05, 0.1) is 0 Å². The van der Waals surface area contributed by atoms with Gasteiger partial charge in [0.25, 0.3) is 5.89 Å². The number of carboxylic acids is 1. The number of carbonyl (C=O) groups is 1. The van der Waals surface area contributed by atoms with E-state index in [2.05, 4.69) is 45.2 Å². The second-order valence-electron chi connectivity index (χ2n) is 6.13. The van der Waals surface area contributed by atoms with Crippen LogP contribution < -0.4 is 0 Å². The second kappa shape index (κ2) is 8.13. The van der Waals surface area contributed by atoms with E-state index in [9.17, 15) is 13.2 Å². The van der Waals surface area contributed by atoms with Crippen LogP contribution in [0, 0.1) is 6.92 Å². The molecule has 4 rings (SSSR count). The van der Waals surface area contributed by atoms with Crippen LogP contribution in [-0.4, -0.2) is 37.4 Å². The molecular formula is C19H15F3N4O3. The van der Waals surface area contributed by atoms with E-state index < -0.39 is 12.1 Å². The fourth-order valence-corrected chi connectivity index (χ4v) is 2.49. The molecule has 0 aliphatic carbocycles. The Balaban J connectivity index is 0.000000298. The number of carboxylic acid groups (broad SMARTS) is 1. The van der Waals surface area contributed by atoms with E-state index in [1.807, 2.05) is 24.4 Å². The van der Waals surface area contributed by atoms with Crippen molar-refractivity contribution in [1.82, 2.24) is 20.1 Å². The number of benzene rings is 1. The molecule has 0 bridgehead atoms. The number of rotatable bonds is 3. The molecule has 0 saturated heterocycles. The zero-order chi connectivity index (χ0) is 21.0. The zero-order valence-corrected chi connectivity index (χ0v) is 15.1. The molecule has 0 spiro atoms. The van der Waals surface area contributed by atoms with Gasteiger partial charge in [0.15, 0.2) is 5.82 Å². The molecule has 150 valence electrons. The Morgan fingerprint density at radius 2 is 2.00 bits per heavy atom. The van der Waals surface area contributed by atoms with Gasteiger partial charge in [-0.25, -0.2) is 4.79 Å². The van der Waals surface area contributed by atoms with Crippen molar-refractivity contribution in [2.45, 2.75) is 19.5 Å². The molecule has 1 aromatic carbocycles. The Kier molecular flexibility index (Phi) is 5.62. The van der Waals surface area contributed by atoms with Crippen molar-refractivity contribution < 1.29 is 27.6 Å². The number of nitrogens with one attached hydrogen (secondary N) is 1. The molecule has 0 saturated carbocycles. The largest absolute Gasteiger partial charge is 0.490 e. The minimum absolute atomic E-state index is 0.507. The second-order valence-corrected chi connectivity index (χ2v) is 6.13. The number of aryl methyl sites for hydroxylation is 1. The van der Waals surface area contributed by atoms with Crippen molar-refractivity contribution >= 4 is 16.9 Å². The zero-order valence-electron chi connectivity index (χ0n) is 15.1. The fraction of sp³-hybridized carbons (Fsp3) is 0.158. The molecule has 2 N–H and O–H groups in total. The van der Waals surface area contributed by atoms with Crippen LogP contribution in [0.15, 0.2) is 53.3 Å². The Hall–Kier alpha value is -3.69. The lowest BCUT2D eigenvalue weighted by Crippen LogP contribution is -2.21. The van der Waals surface area contributed by atoms with Gasteiger partial charge in [0.1, 0.15) is 5.69 Å². The number of halogens is 3. The van der Waals surface area contributed by atoms with Gasteiger partial charge in [-0.2, -0.15) is 18.2 Å². The van der Waals surface area contributed by atoms with Crippen LogP contribution in [0.25, 0.3) is 22.5 Å². The van der Waals surface area contributed by atoms with Crippen molar-refractivity contribution in [3.8, 4) is 11.6 Å². The summed E-state index contributed by atoms with van der Waals surface area (Å²) in [4.78, 5) is 20.8. The highest BCUT2D eigenvalue weighted by Crippen LogP contribution is 2.24. The smallest absolute Gasteiger partial charge is 0.475 e. The molecule has 0 radical (unpaired) electrons. The predicted octanol–water partition coefficient (Wildman–Crippen LogP) is 4.15. The van der Waals surface area contributed by atoms with Crippen LogP contribution in [-0.2, 0) is 11.2 Å². The van der Waals surface area contributed by atoms with E-state index in [1.54, 1.807) is 6.20 Å². The van der Waals surface area contributed by atoms with Gasteiger partial charge in [-0.05, 0) is 36.8 Å². The standard InChI is InChI=1S/C17H14N4O.C2HF3O2/c1-11-4-5-14-13(7-11)9-15(19-14)17-20-16(21-22-17)8-12-3-2-6-18-10-12;3-2(4,5)1(6)7/h2-7,9-10,19H,8H2,1H3;(H,6,7). The van der Waals surface area contributed by atoms with Gasteiger partial charge < -0.3 is 14.6 Å². The summed E-state index contributed by atoms with van der Waals surface area (Å²) in [6.45, 7) is 2.07. The maximum atomic E-state index is 10.6. The summed E-state index contributed by atoms with van der Waals surface area (Å²) in [5, 5.41) is 12.3. The molecule has 0 atom stereocenters. The van der Waals surface area contributed by atoms with Crippen LogP contribution in [0.3, 0.4) is 0 Å². The molecule has 0 unspecified atom stereocenters. The number of aromatic nitrogens is 4. The summed E-state index contributed by atoms with van der Waals surface area (Å²) >= 11 is 0. The maximum Gasteiger partial charge on any atom is 0.490 e. The summed E-state index contributed by atoms with van der Waals surface area (Å²) in [7, 11) is 0. The Morgan fingerprint density at radius 1 is 1.24 bits per heavy atom. The van der Waals surface area contributed by atoms with Gasteiger partial charge >= 0.3 is 12.1 Å². The van der Waals surface area contributed by atoms with Crippen molar-refractivity contribution in [1.29, 1.82) is 0 Å². The van der Waals surface area contributed by atoms with E-state index in [4.69, 9.17) is 14.4 Å². The van der Waals surface area contributed by atoms with Gasteiger partial charge in [-0.1, -0.05) is 22.9 Å². The van der Waals surface area contributed by atoms with Crippen LogP contribution >= 0.6 is 0 Å². The number of aromatic amines is 1. The van der Waals surface area contributed by atoms with E-state index in [-0.39, 0.29) is 0 Å². The topological polar surface area (TPSA) is 105 Å². The average molecular weight is 404 g/mol. The van der Waals surface area contributed by atoms with Crippen molar-refractivity contribution in [3.63, 3.8) is 0 Å². The molecule has 0 fully saturated rings. The highest BCUT2D eigenvalue weighted by atomic mass is 19.4. The number of aliphatic carboxylic acids is 1. The molecule has 29 heavy (non-hydrogen) atoms. The van der Waals surface area contributed by atoms with Gasteiger partial charge in [0, 0.05) is 29.7 Å². The van der Waals surface area contributed by atoms with E-state index in [0.29, 0.717) is 18.1 Å². The first-order valence-corrected chi connectivity index (χ1v) is 8.34. The van der Waals surface area contributed by atoms with E-state index in [1.165, 1.54) is 5.56 Å². The van der Waals surface area contributed by atoms with Crippen LogP contribution in [0.2, 0.25) is 0 Å². The minimum Gasteiger partial charge on any atom is -0.475 e. The van der Waals surface area contributed by atoms with Crippen LogP contribution in [0.4, 0.5) is 13.2 Å². The van der Waals surface area contributed by atoms with E-state index >= 15 is 0 Å². The predicted molar refractivity (Wildman–Crippen MR) is 97.1 cm³/mol. The van der Waals surface area contributed by atoms with Gasteiger partial charge in [-0.15, -0.1) is 0 Å². The number of nitrogens with zero attached hydrogens (tertiary/aromatic N) is 3. The summed E-state index contributed by atoms with van der Waals surface area (Å²) in [6.07, 6.45) is -0.921. The monoisotopic (exact) mass is 404 g/mol. The molecule has 3 aromatic heterocycles. The molecule has 0 amide bonds. The van der Waals surface area contributed by atoms with E-state index in [0.717, 1.165) is 22.2 Å². The maximum absolute atomic E-state index is 10.6. The third-order valence-corrected chi connectivity index (χ3v) is 3.80. The fourth-order valence-electron chi connectivity index (χ4n) is 2.49. The molecule has 7 nitrogen and oxygen atoms in total. The number of H-pyrrole nitrogens is 1. The summed E-state index contributed by atoms with van der Waals surface area (Å²) in [5.41, 5.74) is 4.18. The SMILES string of the molecule is Cc1ccc2[nH]c(-c3nc(Cc4cccnc4)no3)cc2c1.O=C(O)C(F)(F)F. The van der Waals surface area contributed by atoms with Crippen molar-refractivity contribution in [2.75, 3.05) is 0 Å². The lowest BCUT2D eigenvalue weighted by Gasteiger charge is -1.93. The summed E-state index contributed by atoms with van der Waals surface area (Å²) < 4.78 is 37.1. The molecule has 4 aromatic rings. The third kappa shape index (κ3) is 5.18. The normalized spacial score (nSPS) is 11.2. The molecule has 10 heteroatoms. The summed E-state index contributed by atoms with van der Waals surface area (Å²) in [5.74, 6) is -1.60. The van der Waals surface area contributed by atoms with Gasteiger partial charge in [0.2, 0.25) is 0 Å². The van der Waals surface area contributed by atoms with Crippen molar-refractivity contribution in [2.24, 2.45) is 0 Å². The first-order valence-electron chi connectivity index (χ1n) is 8.34. The van der Waals surface area contributed by atoms with Crippen LogP contribution in [0.5, 0.6) is 0 Å². The first-order chi connectivity index (χ1) is 13.7. The van der Waals surface area contributed by atoms with Gasteiger partial charge in [-0.3, -0.25) is 4.98 Å². The highest BCUT2D eigenvalue weighted by molar-refractivity contribution is 5.85. The molecule has 0 aliphatic rings. The first kappa shape index (κ1) is 20.1. The quantitative estimate of drug-likeness (QED) is 0.532. The number of alkyl halides is 3. The highest BCUT2D eigenvalue weighted by Gasteiger charge is 2.38. The summed E-state index contributed by atoms with van der Waals surface area (Å²) in [6, 6.07) is 12.2. The Labute approximate surface area is 162 Å². The third-order valence-electron chi connectivity index (χ3n) is 3.80. The Morgan fingerprint density at radius 3 is 2.66 bits per heavy atom. The molecule has 3 heterocycles. The Bertz CT molecular complexity index is 1120. The molecular weight excluding hydrogens is 389 g/mol. The van der Waals surface area contributed by atoms with Crippen LogP contribution in [0.1, 0.15) is 17.0 Å². The number of hydrogen-bond donors (Lipinski definition) is 2. The number of fused-ring (bicyclic) bond motifs is 1. The number of hydrogen-bond acceptors (Lipinski definition) is 5. The average Bonchev–Trinajstić information content (AvgIpc) is 3.28.